The molecule has 1 aliphatic rings. The fraction of sp³-hybridized carbons (Fsp3) is 0.231. The molecule has 0 heterocycles. The van der Waals surface area contributed by atoms with E-state index in [1.54, 1.807) is 0 Å². The number of aliphatic carboxylic acids is 1. The van der Waals surface area contributed by atoms with Crippen LogP contribution < -0.4 is 5.32 Å². The van der Waals surface area contributed by atoms with Crippen molar-refractivity contribution in [3.8, 4) is 0 Å². The second-order valence-corrected chi connectivity index (χ2v) is 4.79. The Balaban J connectivity index is 2.34. The van der Waals surface area contributed by atoms with E-state index in [-0.39, 0.29) is 11.1 Å². The standard InChI is InChI=1S/C13H10ClF2NO3/c14-9-4-11(16)10(15)3-7(9)12(18)8(13(19)20)5-17-6-1-2-6/h3-6,17H,1-2H2,(H,19,20)/b8-5+. The van der Waals surface area contributed by atoms with E-state index in [1.165, 1.54) is 0 Å². The predicted molar refractivity (Wildman–Crippen MR) is 67.6 cm³/mol. The molecule has 1 aromatic rings. The van der Waals surface area contributed by atoms with Crippen molar-refractivity contribution in [1.29, 1.82) is 0 Å². The molecule has 2 rings (SSSR count). The van der Waals surface area contributed by atoms with E-state index in [0.29, 0.717) is 12.1 Å². The van der Waals surface area contributed by atoms with Gasteiger partial charge in [-0.15, -0.1) is 0 Å². The SMILES string of the molecule is O=C(O)/C(=C/NC1CC1)C(=O)c1cc(F)c(F)cc1Cl. The number of nitrogens with one attached hydrogen (secondary N) is 1. The van der Waals surface area contributed by atoms with Crippen molar-refractivity contribution in [2.75, 3.05) is 0 Å². The Hall–Kier alpha value is -1.95. The van der Waals surface area contributed by atoms with Crippen LogP contribution in [-0.2, 0) is 4.79 Å². The number of rotatable bonds is 5. The van der Waals surface area contributed by atoms with Gasteiger partial charge in [-0.1, -0.05) is 11.6 Å². The molecule has 2 N–H and O–H groups in total. The lowest BCUT2D eigenvalue weighted by Crippen LogP contribution is -2.18. The first-order valence-electron chi connectivity index (χ1n) is 5.79. The van der Waals surface area contributed by atoms with Gasteiger partial charge in [0.2, 0.25) is 5.78 Å². The zero-order valence-corrected chi connectivity index (χ0v) is 10.9. The van der Waals surface area contributed by atoms with Crippen molar-refractivity contribution >= 4 is 23.4 Å². The van der Waals surface area contributed by atoms with Gasteiger partial charge >= 0.3 is 5.97 Å². The van der Waals surface area contributed by atoms with Crippen molar-refractivity contribution in [1.82, 2.24) is 5.32 Å². The molecule has 0 amide bonds. The molecule has 0 atom stereocenters. The first kappa shape index (κ1) is 14.5. The molecule has 0 unspecified atom stereocenters. The van der Waals surface area contributed by atoms with Crippen LogP contribution in [0, 0.1) is 11.6 Å². The van der Waals surface area contributed by atoms with Gasteiger partial charge in [-0.05, 0) is 25.0 Å². The summed E-state index contributed by atoms with van der Waals surface area (Å²) in [4.78, 5) is 23.1. The smallest absolute Gasteiger partial charge is 0.341 e. The summed E-state index contributed by atoms with van der Waals surface area (Å²) in [5.74, 6) is -4.92. The lowest BCUT2D eigenvalue weighted by atomic mass is 10.0. The molecule has 0 aromatic heterocycles. The highest BCUT2D eigenvalue weighted by molar-refractivity contribution is 6.36. The third-order valence-corrected chi connectivity index (χ3v) is 3.08. The van der Waals surface area contributed by atoms with Gasteiger partial charge < -0.3 is 10.4 Å². The molecule has 0 aliphatic heterocycles. The van der Waals surface area contributed by atoms with Crippen LogP contribution in [-0.4, -0.2) is 22.9 Å². The molecular weight excluding hydrogens is 292 g/mol. The normalized spacial score (nSPS) is 15.1. The van der Waals surface area contributed by atoms with E-state index in [4.69, 9.17) is 16.7 Å². The Morgan fingerprint density at radius 3 is 2.45 bits per heavy atom. The largest absolute Gasteiger partial charge is 0.477 e. The summed E-state index contributed by atoms with van der Waals surface area (Å²) >= 11 is 5.65. The van der Waals surface area contributed by atoms with Gasteiger partial charge in [-0.25, -0.2) is 13.6 Å². The van der Waals surface area contributed by atoms with E-state index in [1.807, 2.05) is 0 Å². The Morgan fingerprint density at radius 1 is 1.30 bits per heavy atom. The highest BCUT2D eigenvalue weighted by Crippen LogP contribution is 2.23. The van der Waals surface area contributed by atoms with Crippen LogP contribution in [0.1, 0.15) is 23.2 Å². The van der Waals surface area contributed by atoms with Crippen LogP contribution in [0.4, 0.5) is 8.78 Å². The molecule has 7 heteroatoms. The molecule has 106 valence electrons. The van der Waals surface area contributed by atoms with Gasteiger partial charge in [0.05, 0.1) is 5.02 Å². The lowest BCUT2D eigenvalue weighted by molar-refractivity contribution is -0.132. The number of hydrogen-bond acceptors (Lipinski definition) is 3. The lowest BCUT2D eigenvalue weighted by Gasteiger charge is -2.06. The van der Waals surface area contributed by atoms with Crippen LogP contribution >= 0.6 is 11.6 Å². The number of halogens is 3. The average molecular weight is 302 g/mol. The maximum atomic E-state index is 13.1. The summed E-state index contributed by atoms with van der Waals surface area (Å²) in [5.41, 5.74) is -0.971. The number of carbonyl (C=O) groups is 2. The molecule has 1 aromatic carbocycles. The van der Waals surface area contributed by atoms with Gasteiger partial charge in [0.25, 0.3) is 0 Å². The van der Waals surface area contributed by atoms with Crippen molar-refractivity contribution in [3.05, 3.63) is 46.1 Å². The van der Waals surface area contributed by atoms with Gasteiger partial charge in [0.1, 0.15) is 5.57 Å². The number of benzene rings is 1. The van der Waals surface area contributed by atoms with Crippen LogP contribution in [0.15, 0.2) is 23.9 Å². The van der Waals surface area contributed by atoms with Crippen molar-refractivity contribution in [3.63, 3.8) is 0 Å². The van der Waals surface area contributed by atoms with Crippen molar-refractivity contribution < 1.29 is 23.5 Å². The van der Waals surface area contributed by atoms with E-state index in [9.17, 15) is 18.4 Å². The Labute approximate surface area is 118 Å². The van der Waals surface area contributed by atoms with E-state index < -0.39 is 34.5 Å². The third-order valence-electron chi connectivity index (χ3n) is 2.77. The molecule has 0 spiro atoms. The second-order valence-electron chi connectivity index (χ2n) is 4.38. The van der Waals surface area contributed by atoms with Crippen LogP contribution in [0.5, 0.6) is 0 Å². The molecule has 1 saturated carbocycles. The van der Waals surface area contributed by atoms with Gasteiger partial charge in [0.15, 0.2) is 11.6 Å². The van der Waals surface area contributed by atoms with Crippen molar-refractivity contribution in [2.24, 2.45) is 0 Å². The van der Waals surface area contributed by atoms with E-state index in [0.717, 1.165) is 19.0 Å². The molecule has 1 fully saturated rings. The molecular formula is C13H10ClF2NO3. The summed E-state index contributed by atoms with van der Waals surface area (Å²) in [6.45, 7) is 0. The summed E-state index contributed by atoms with van der Waals surface area (Å²) in [6.07, 6.45) is 2.85. The monoisotopic (exact) mass is 301 g/mol. The number of carboxylic acid groups (broad SMARTS) is 1. The predicted octanol–water partition coefficient (Wildman–Crippen LogP) is 2.52. The van der Waals surface area contributed by atoms with E-state index >= 15 is 0 Å². The minimum absolute atomic E-state index is 0.151. The average Bonchev–Trinajstić information content (AvgIpc) is 3.17. The van der Waals surface area contributed by atoms with Crippen LogP contribution in [0.25, 0.3) is 0 Å². The topological polar surface area (TPSA) is 66.4 Å². The summed E-state index contributed by atoms with van der Waals surface area (Å²) in [6, 6.07) is 1.38. The number of ketones is 1. The number of carboxylic acids is 1. The number of hydrogen-bond donors (Lipinski definition) is 2. The maximum Gasteiger partial charge on any atom is 0.341 e. The first-order valence-corrected chi connectivity index (χ1v) is 6.16. The van der Waals surface area contributed by atoms with Crippen LogP contribution in [0.3, 0.4) is 0 Å². The molecule has 0 radical (unpaired) electrons. The number of Topliss-reactive ketones (excluding diaryl/α,β-unsaturated/α-hetero) is 1. The molecule has 20 heavy (non-hydrogen) atoms. The molecule has 0 saturated heterocycles. The zero-order chi connectivity index (χ0) is 14.9. The first-order chi connectivity index (χ1) is 9.40. The molecule has 4 nitrogen and oxygen atoms in total. The summed E-state index contributed by atoms with van der Waals surface area (Å²) in [7, 11) is 0. The molecule has 1 aliphatic carbocycles. The van der Waals surface area contributed by atoms with Crippen molar-refractivity contribution in [2.45, 2.75) is 18.9 Å². The Bertz CT molecular complexity index is 612. The third kappa shape index (κ3) is 3.14. The minimum atomic E-state index is -1.47. The summed E-state index contributed by atoms with van der Waals surface area (Å²) in [5, 5.41) is 11.4. The molecule has 0 bridgehead atoms. The zero-order valence-electron chi connectivity index (χ0n) is 10.1. The summed E-state index contributed by atoms with van der Waals surface area (Å²) < 4.78 is 26.1. The fourth-order valence-electron chi connectivity index (χ4n) is 1.52. The minimum Gasteiger partial charge on any atom is -0.477 e. The maximum absolute atomic E-state index is 13.1. The highest BCUT2D eigenvalue weighted by atomic mass is 35.5. The Morgan fingerprint density at radius 2 is 1.90 bits per heavy atom. The van der Waals surface area contributed by atoms with Gasteiger partial charge in [-0.2, -0.15) is 0 Å². The van der Waals surface area contributed by atoms with Crippen LogP contribution in [0.2, 0.25) is 5.02 Å². The quantitative estimate of drug-likeness (QED) is 0.288. The Kier molecular flexibility index (Phi) is 4.04. The number of carbonyl (C=O) groups excluding carboxylic acids is 1. The van der Waals surface area contributed by atoms with E-state index in [2.05, 4.69) is 5.32 Å². The second kappa shape index (κ2) is 5.58. The highest BCUT2D eigenvalue weighted by Gasteiger charge is 2.25. The van der Waals surface area contributed by atoms with Gasteiger partial charge in [0, 0.05) is 17.8 Å². The fourth-order valence-corrected chi connectivity index (χ4v) is 1.75. The van der Waals surface area contributed by atoms with Gasteiger partial charge in [-0.3, -0.25) is 4.79 Å².